The summed E-state index contributed by atoms with van der Waals surface area (Å²) >= 11 is 5.70. The quantitative estimate of drug-likeness (QED) is 0.472. The molecule has 2 rings (SSSR count). The number of nitrogens with zero attached hydrogens (tertiary/aromatic N) is 3. The maximum Gasteiger partial charge on any atom is 0.253 e. The number of nitro groups is 1. The number of hydrogen-bond donors (Lipinski definition) is 0. The van der Waals surface area contributed by atoms with Crippen LogP contribution in [0.15, 0.2) is 30.2 Å². The van der Waals surface area contributed by atoms with Gasteiger partial charge in [-0.3, -0.25) is 10.1 Å². The Balaban J connectivity index is 2.07. The molecule has 0 aromatic carbocycles. The van der Waals surface area contributed by atoms with Crippen molar-refractivity contribution in [1.29, 1.82) is 0 Å². The smallest absolute Gasteiger partial charge is 0.253 e. The van der Waals surface area contributed by atoms with Gasteiger partial charge in [-0.25, -0.2) is 4.98 Å². The van der Waals surface area contributed by atoms with E-state index in [-0.39, 0.29) is 0 Å². The highest BCUT2D eigenvalue weighted by Crippen LogP contribution is 2.23. The molecule has 6 heteroatoms. The summed E-state index contributed by atoms with van der Waals surface area (Å²) in [6, 6.07) is 3.61. The van der Waals surface area contributed by atoms with E-state index >= 15 is 0 Å². The lowest BCUT2D eigenvalue weighted by molar-refractivity contribution is -0.404. The van der Waals surface area contributed by atoms with Gasteiger partial charge in [-0.1, -0.05) is 17.7 Å². The third-order valence-electron chi connectivity index (χ3n) is 2.68. The van der Waals surface area contributed by atoms with Gasteiger partial charge in [-0.2, -0.15) is 0 Å². The van der Waals surface area contributed by atoms with Crippen molar-refractivity contribution in [2.45, 2.75) is 19.4 Å². The van der Waals surface area contributed by atoms with Gasteiger partial charge in [0.2, 0.25) is 0 Å². The van der Waals surface area contributed by atoms with Crippen LogP contribution in [-0.2, 0) is 6.54 Å². The number of halogens is 1. The molecule has 0 aliphatic carbocycles. The van der Waals surface area contributed by atoms with Gasteiger partial charge >= 0.3 is 0 Å². The first kappa shape index (κ1) is 11.9. The molecule has 0 radical (unpaired) electrons. The molecular weight excluding hydrogens is 242 g/mol. The second-order valence-electron chi connectivity index (χ2n) is 3.92. The molecule has 2 heterocycles. The van der Waals surface area contributed by atoms with Crippen molar-refractivity contribution in [2.24, 2.45) is 0 Å². The van der Waals surface area contributed by atoms with Crippen LogP contribution in [0.25, 0.3) is 0 Å². The first-order chi connectivity index (χ1) is 8.15. The standard InChI is InChI=1S/C11H12ClN3O2/c12-11-4-3-9(6-13-11)7-14-5-1-2-10(14)8-15(16)17/h3-4,6,8H,1-2,5,7H2/b10-8+. The molecule has 0 unspecified atom stereocenters. The zero-order valence-electron chi connectivity index (χ0n) is 9.17. The van der Waals surface area contributed by atoms with Gasteiger partial charge in [0, 0.05) is 19.3 Å². The maximum atomic E-state index is 10.5. The van der Waals surface area contributed by atoms with Gasteiger partial charge in [-0.05, 0) is 24.5 Å². The number of likely N-dealkylation sites (tertiary alicyclic amines) is 1. The Morgan fingerprint density at radius 3 is 3.06 bits per heavy atom. The summed E-state index contributed by atoms with van der Waals surface area (Å²) in [7, 11) is 0. The highest BCUT2D eigenvalue weighted by atomic mass is 35.5. The molecule has 5 nitrogen and oxygen atoms in total. The van der Waals surface area contributed by atoms with E-state index in [1.165, 1.54) is 0 Å². The third-order valence-corrected chi connectivity index (χ3v) is 2.91. The molecule has 1 saturated heterocycles. The lowest BCUT2D eigenvalue weighted by atomic mass is 10.2. The number of pyridine rings is 1. The number of rotatable bonds is 3. The van der Waals surface area contributed by atoms with Crippen molar-refractivity contribution in [2.75, 3.05) is 6.54 Å². The Bertz CT molecular complexity index is 445. The van der Waals surface area contributed by atoms with E-state index in [9.17, 15) is 10.1 Å². The highest BCUT2D eigenvalue weighted by Gasteiger charge is 2.19. The fourth-order valence-electron chi connectivity index (χ4n) is 1.92. The first-order valence-electron chi connectivity index (χ1n) is 5.35. The second-order valence-corrected chi connectivity index (χ2v) is 4.31. The Morgan fingerprint density at radius 2 is 2.41 bits per heavy atom. The lowest BCUT2D eigenvalue weighted by Gasteiger charge is -2.18. The van der Waals surface area contributed by atoms with Crippen LogP contribution in [0.2, 0.25) is 5.15 Å². The van der Waals surface area contributed by atoms with Crippen LogP contribution in [0.3, 0.4) is 0 Å². The first-order valence-corrected chi connectivity index (χ1v) is 5.72. The summed E-state index contributed by atoms with van der Waals surface area (Å²) in [5, 5.41) is 10.9. The minimum atomic E-state index is -0.395. The summed E-state index contributed by atoms with van der Waals surface area (Å²) in [5.41, 5.74) is 1.79. The monoisotopic (exact) mass is 253 g/mol. The van der Waals surface area contributed by atoms with Crippen molar-refractivity contribution in [3.63, 3.8) is 0 Å². The van der Waals surface area contributed by atoms with E-state index in [2.05, 4.69) is 4.98 Å². The summed E-state index contributed by atoms with van der Waals surface area (Å²) < 4.78 is 0. The predicted octanol–water partition coefficient (Wildman–Crippen LogP) is 2.45. The summed E-state index contributed by atoms with van der Waals surface area (Å²) in [6.07, 6.45) is 4.52. The molecule has 1 fully saturated rings. The summed E-state index contributed by atoms with van der Waals surface area (Å²) in [6.45, 7) is 1.49. The van der Waals surface area contributed by atoms with Gasteiger partial charge in [0.1, 0.15) is 5.15 Å². The molecule has 0 atom stereocenters. The van der Waals surface area contributed by atoms with Gasteiger partial charge in [-0.15, -0.1) is 0 Å². The molecular formula is C11H12ClN3O2. The Labute approximate surface area is 104 Å². The molecule has 90 valence electrons. The van der Waals surface area contributed by atoms with Crippen LogP contribution in [0.5, 0.6) is 0 Å². The van der Waals surface area contributed by atoms with E-state index in [0.29, 0.717) is 11.7 Å². The molecule has 1 aliphatic rings. The summed E-state index contributed by atoms with van der Waals surface area (Å²) in [4.78, 5) is 16.1. The number of aromatic nitrogens is 1. The molecule has 0 bridgehead atoms. The Morgan fingerprint density at radius 1 is 1.59 bits per heavy atom. The van der Waals surface area contributed by atoms with E-state index < -0.39 is 4.92 Å². The fourth-order valence-corrected chi connectivity index (χ4v) is 2.03. The molecule has 1 aromatic rings. The molecule has 1 aromatic heterocycles. The van der Waals surface area contributed by atoms with Crippen molar-refractivity contribution >= 4 is 11.6 Å². The van der Waals surface area contributed by atoms with Crippen molar-refractivity contribution < 1.29 is 4.92 Å². The van der Waals surface area contributed by atoms with E-state index in [0.717, 1.165) is 36.8 Å². The predicted molar refractivity (Wildman–Crippen MR) is 64.0 cm³/mol. The lowest BCUT2D eigenvalue weighted by Crippen LogP contribution is -2.18. The van der Waals surface area contributed by atoms with E-state index in [4.69, 9.17) is 11.6 Å². The zero-order valence-corrected chi connectivity index (χ0v) is 9.93. The SMILES string of the molecule is O=[N+]([O-])/C=C1\CCCN1Cc1ccc(Cl)nc1. The van der Waals surface area contributed by atoms with Crippen molar-refractivity contribution in [3.8, 4) is 0 Å². The average molecular weight is 254 g/mol. The highest BCUT2D eigenvalue weighted by molar-refractivity contribution is 6.29. The molecule has 17 heavy (non-hydrogen) atoms. The molecule has 0 amide bonds. The van der Waals surface area contributed by atoms with Crippen LogP contribution < -0.4 is 0 Å². The van der Waals surface area contributed by atoms with Gasteiger partial charge in [0.25, 0.3) is 6.20 Å². The fraction of sp³-hybridized carbons (Fsp3) is 0.364. The third kappa shape index (κ3) is 3.17. The van der Waals surface area contributed by atoms with Crippen molar-refractivity contribution in [3.05, 3.63) is 51.1 Å². The minimum absolute atomic E-state index is 0.395. The maximum absolute atomic E-state index is 10.5. The zero-order chi connectivity index (χ0) is 12.3. The normalized spacial score (nSPS) is 17.7. The van der Waals surface area contributed by atoms with Crippen LogP contribution in [0.4, 0.5) is 0 Å². The Kier molecular flexibility index (Phi) is 3.58. The molecule has 0 N–H and O–H groups in total. The second kappa shape index (κ2) is 5.14. The largest absolute Gasteiger partial charge is 0.365 e. The molecule has 0 saturated carbocycles. The number of allylic oxidation sites excluding steroid dienone is 1. The Hall–Kier alpha value is -1.62. The van der Waals surface area contributed by atoms with Crippen LogP contribution in [-0.4, -0.2) is 21.4 Å². The van der Waals surface area contributed by atoms with Crippen LogP contribution >= 0.6 is 11.6 Å². The van der Waals surface area contributed by atoms with E-state index in [1.807, 2.05) is 11.0 Å². The molecule has 1 aliphatic heterocycles. The van der Waals surface area contributed by atoms with E-state index in [1.54, 1.807) is 12.3 Å². The minimum Gasteiger partial charge on any atom is -0.365 e. The van der Waals surface area contributed by atoms with Gasteiger partial charge in [0.15, 0.2) is 0 Å². The average Bonchev–Trinajstić information content (AvgIpc) is 2.68. The molecule has 0 spiro atoms. The van der Waals surface area contributed by atoms with Gasteiger partial charge < -0.3 is 4.90 Å². The topological polar surface area (TPSA) is 59.3 Å². The van der Waals surface area contributed by atoms with Crippen LogP contribution in [0, 0.1) is 10.1 Å². The van der Waals surface area contributed by atoms with Crippen LogP contribution in [0.1, 0.15) is 18.4 Å². The summed E-state index contributed by atoms with van der Waals surface area (Å²) in [5.74, 6) is 0. The van der Waals surface area contributed by atoms with Gasteiger partial charge in [0.05, 0.1) is 10.6 Å². The number of hydrogen-bond acceptors (Lipinski definition) is 4. The van der Waals surface area contributed by atoms with Crippen molar-refractivity contribution in [1.82, 2.24) is 9.88 Å².